The summed E-state index contributed by atoms with van der Waals surface area (Å²) in [6.07, 6.45) is 0.581. The zero-order valence-corrected chi connectivity index (χ0v) is 8.72. The van der Waals surface area contributed by atoms with Gasteiger partial charge in [0.2, 0.25) is 0 Å². The first-order valence-corrected chi connectivity index (χ1v) is 4.84. The molecule has 0 radical (unpaired) electrons. The molecule has 1 aromatic rings. The van der Waals surface area contributed by atoms with Crippen molar-refractivity contribution >= 4 is 11.9 Å². The summed E-state index contributed by atoms with van der Waals surface area (Å²) in [5, 5.41) is 10.8. The lowest BCUT2D eigenvalue weighted by molar-refractivity contribution is 0.0938. The lowest BCUT2D eigenvalue weighted by atomic mass is 10.0. The van der Waals surface area contributed by atoms with Crippen molar-refractivity contribution in [2.45, 2.75) is 12.5 Å². The maximum Gasteiger partial charge on any atom is 0.405 e. The number of ketones is 1. The van der Waals surface area contributed by atoms with Gasteiger partial charge in [-0.2, -0.15) is 0 Å². The molecule has 0 heterocycles. The minimum atomic E-state index is -1.21. The van der Waals surface area contributed by atoms with Gasteiger partial charge >= 0.3 is 6.09 Å². The molecule has 1 amide bonds. The standard InChI is InChI=1S/C12H13NO3/c1-2-6-10(13-12(15)16)11(14)9-7-4-3-5-8-9/h2-5,7-8,10,13H,1,6H2,(H,15,16). The number of benzene rings is 1. The third kappa shape index (κ3) is 3.24. The van der Waals surface area contributed by atoms with Crippen LogP contribution >= 0.6 is 0 Å². The zero-order valence-electron chi connectivity index (χ0n) is 8.72. The van der Waals surface area contributed by atoms with Gasteiger partial charge in [-0.05, 0) is 6.42 Å². The first-order chi connectivity index (χ1) is 7.65. The van der Waals surface area contributed by atoms with Crippen LogP contribution in [-0.4, -0.2) is 23.0 Å². The van der Waals surface area contributed by atoms with Gasteiger partial charge in [0, 0.05) is 5.56 Å². The molecule has 16 heavy (non-hydrogen) atoms. The molecule has 1 rings (SSSR count). The Morgan fingerprint density at radius 3 is 2.50 bits per heavy atom. The molecule has 0 bridgehead atoms. The first-order valence-electron chi connectivity index (χ1n) is 4.84. The minimum Gasteiger partial charge on any atom is -0.465 e. The molecule has 0 spiro atoms. The Labute approximate surface area is 93.6 Å². The van der Waals surface area contributed by atoms with E-state index in [1.807, 2.05) is 0 Å². The number of carboxylic acid groups (broad SMARTS) is 1. The molecule has 1 unspecified atom stereocenters. The number of hydrogen-bond donors (Lipinski definition) is 2. The van der Waals surface area contributed by atoms with Crippen LogP contribution in [0.4, 0.5) is 4.79 Å². The Morgan fingerprint density at radius 2 is 2.00 bits per heavy atom. The fraction of sp³-hybridized carbons (Fsp3) is 0.167. The third-order valence-electron chi connectivity index (χ3n) is 2.07. The number of hydrogen-bond acceptors (Lipinski definition) is 2. The molecule has 0 aliphatic heterocycles. The largest absolute Gasteiger partial charge is 0.465 e. The number of carbonyl (C=O) groups is 2. The Morgan fingerprint density at radius 1 is 1.38 bits per heavy atom. The van der Waals surface area contributed by atoms with Crippen LogP contribution in [0.15, 0.2) is 43.0 Å². The summed E-state index contributed by atoms with van der Waals surface area (Å²) >= 11 is 0. The normalized spacial score (nSPS) is 11.5. The van der Waals surface area contributed by atoms with E-state index in [1.165, 1.54) is 6.08 Å². The van der Waals surface area contributed by atoms with Crippen LogP contribution in [0.25, 0.3) is 0 Å². The van der Waals surface area contributed by atoms with E-state index in [-0.39, 0.29) is 12.2 Å². The highest BCUT2D eigenvalue weighted by atomic mass is 16.4. The van der Waals surface area contributed by atoms with E-state index in [1.54, 1.807) is 30.3 Å². The van der Waals surface area contributed by atoms with Crippen LogP contribution in [0, 0.1) is 0 Å². The zero-order chi connectivity index (χ0) is 12.0. The van der Waals surface area contributed by atoms with E-state index in [4.69, 9.17) is 5.11 Å². The highest BCUT2D eigenvalue weighted by Gasteiger charge is 2.19. The van der Waals surface area contributed by atoms with Crippen LogP contribution in [0.5, 0.6) is 0 Å². The Balaban J connectivity index is 2.82. The molecule has 0 saturated heterocycles. The van der Waals surface area contributed by atoms with E-state index in [0.29, 0.717) is 5.56 Å². The van der Waals surface area contributed by atoms with Crippen LogP contribution in [0.3, 0.4) is 0 Å². The van der Waals surface area contributed by atoms with Gasteiger partial charge in [-0.3, -0.25) is 4.79 Å². The van der Waals surface area contributed by atoms with Crippen molar-refractivity contribution in [3.63, 3.8) is 0 Å². The Hall–Kier alpha value is -2.10. The van der Waals surface area contributed by atoms with Gasteiger partial charge in [-0.25, -0.2) is 4.79 Å². The number of Topliss-reactive ketones (excluding diaryl/α,β-unsaturated/α-hetero) is 1. The van der Waals surface area contributed by atoms with Crippen molar-refractivity contribution < 1.29 is 14.7 Å². The number of nitrogens with one attached hydrogen (secondary N) is 1. The van der Waals surface area contributed by atoms with E-state index in [2.05, 4.69) is 11.9 Å². The van der Waals surface area contributed by atoms with Crippen molar-refractivity contribution in [1.82, 2.24) is 5.32 Å². The topological polar surface area (TPSA) is 66.4 Å². The molecule has 2 N–H and O–H groups in total. The molecule has 0 fully saturated rings. The van der Waals surface area contributed by atoms with Gasteiger partial charge in [-0.1, -0.05) is 36.4 Å². The molecule has 0 aromatic heterocycles. The van der Waals surface area contributed by atoms with Crippen molar-refractivity contribution in [1.29, 1.82) is 0 Å². The maximum atomic E-state index is 11.9. The second kappa shape index (κ2) is 5.70. The van der Waals surface area contributed by atoms with Crippen molar-refractivity contribution in [3.05, 3.63) is 48.6 Å². The highest BCUT2D eigenvalue weighted by Crippen LogP contribution is 2.06. The predicted octanol–water partition coefficient (Wildman–Crippen LogP) is 2.08. The van der Waals surface area contributed by atoms with Gasteiger partial charge in [-0.15, -0.1) is 6.58 Å². The van der Waals surface area contributed by atoms with Gasteiger partial charge in [0.1, 0.15) is 0 Å². The molecule has 4 nitrogen and oxygen atoms in total. The fourth-order valence-corrected chi connectivity index (χ4v) is 1.35. The van der Waals surface area contributed by atoms with Crippen LogP contribution in [-0.2, 0) is 0 Å². The minimum absolute atomic E-state index is 0.247. The van der Waals surface area contributed by atoms with E-state index in [0.717, 1.165) is 0 Å². The van der Waals surface area contributed by atoms with Gasteiger partial charge in [0.15, 0.2) is 5.78 Å². The second-order valence-corrected chi connectivity index (χ2v) is 3.26. The number of carbonyl (C=O) groups excluding carboxylic acids is 1. The van der Waals surface area contributed by atoms with Crippen LogP contribution < -0.4 is 5.32 Å². The van der Waals surface area contributed by atoms with Crippen LogP contribution in [0.2, 0.25) is 0 Å². The maximum absolute atomic E-state index is 11.9. The quantitative estimate of drug-likeness (QED) is 0.588. The second-order valence-electron chi connectivity index (χ2n) is 3.26. The smallest absolute Gasteiger partial charge is 0.405 e. The third-order valence-corrected chi connectivity index (χ3v) is 2.07. The molecule has 0 aliphatic rings. The predicted molar refractivity (Wildman–Crippen MR) is 60.5 cm³/mol. The first kappa shape index (κ1) is 12.0. The van der Waals surface area contributed by atoms with Gasteiger partial charge < -0.3 is 10.4 Å². The highest BCUT2D eigenvalue weighted by molar-refractivity contribution is 6.01. The molecular weight excluding hydrogens is 206 g/mol. The lowest BCUT2D eigenvalue weighted by Gasteiger charge is -2.13. The summed E-state index contributed by atoms with van der Waals surface area (Å²) < 4.78 is 0. The van der Waals surface area contributed by atoms with Crippen molar-refractivity contribution in [2.24, 2.45) is 0 Å². The molecule has 1 aromatic carbocycles. The monoisotopic (exact) mass is 219 g/mol. The van der Waals surface area contributed by atoms with Crippen LogP contribution in [0.1, 0.15) is 16.8 Å². The fourth-order valence-electron chi connectivity index (χ4n) is 1.35. The summed E-state index contributed by atoms with van der Waals surface area (Å²) in [7, 11) is 0. The van der Waals surface area contributed by atoms with E-state index in [9.17, 15) is 9.59 Å². The van der Waals surface area contributed by atoms with Crippen molar-refractivity contribution in [3.8, 4) is 0 Å². The molecular formula is C12H13NO3. The SMILES string of the molecule is C=CCC(NC(=O)O)C(=O)c1ccccc1. The summed E-state index contributed by atoms with van der Waals surface area (Å²) in [5.41, 5.74) is 0.489. The van der Waals surface area contributed by atoms with E-state index < -0.39 is 12.1 Å². The summed E-state index contributed by atoms with van der Waals surface area (Å²) in [4.78, 5) is 22.4. The molecule has 0 aliphatic carbocycles. The average Bonchev–Trinajstić information content (AvgIpc) is 2.28. The molecule has 1 atom stereocenters. The average molecular weight is 219 g/mol. The van der Waals surface area contributed by atoms with Crippen molar-refractivity contribution in [2.75, 3.05) is 0 Å². The lowest BCUT2D eigenvalue weighted by Crippen LogP contribution is -2.39. The molecule has 84 valence electrons. The summed E-state index contributed by atoms with van der Waals surface area (Å²) in [5.74, 6) is -0.247. The number of amides is 1. The Bertz CT molecular complexity index is 387. The van der Waals surface area contributed by atoms with E-state index >= 15 is 0 Å². The van der Waals surface area contributed by atoms with Gasteiger partial charge in [0.25, 0.3) is 0 Å². The number of rotatable bonds is 5. The Kier molecular flexibility index (Phi) is 4.27. The summed E-state index contributed by atoms with van der Waals surface area (Å²) in [6, 6.07) is 7.81. The van der Waals surface area contributed by atoms with Gasteiger partial charge in [0.05, 0.1) is 6.04 Å². The molecule has 0 saturated carbocycles. The summed E-state index contributed by atoms with van der Waals surface area (Å²) in [6.45, 7) is 3.50. The molecule has 4 heteroatoms.